The molecule has 0 bridgehead atoms. The van der Waals surface area contributed by atoms with Crippen molar-refractivity contribution < 1.29 is 9.90 Å². The van der Waals surface area contributed by atoms with Crippen LogP contribution in [0.4, 0.5) is 0 Å². The third-order valence-corrected chi connectivity index (χ3v) is 2.22. The lowest BCUT2D eigenvalue weighted by molar-refractivity contribution is -0.139. The van der Waals surface area contributed by atoms with Crippen LogP contribution in [-0.4, -0.2) is 23.7 Å². The van der Waals surface area contributed by atoms with Crippen molar-refractivity contribution in [1.29, 1.82) is 0 Å². The van der Waals surface area contributed by atoms with E-state index < -0.39 is 5.97 Å². The second-order valence-corrected chi connectivity index (χ2v) is 3.19. The first-order valence-electron chi connectivity index (χ1n) is 4.20. The van der Waals surface area contributed by atoms with Crippen molar-refractivity contribution in [1.82, 2.24) is 5.32 Å². The van der Waals surface area contributed by atoms with Crippen LogP contribution in [0.3, 0.4) is 0 Å². The second-order valence-electron chi connectivity index (χ2n) is 3.19. The molecule has 12 heavy (non-hydrogen) atoms. The third kappa shape index (κ3) is 2.99. The Labute approximate surface area is 78.9 Å². The maximum Gasteiger partial charge on any atom is 0.320 e. The summed E-state index contributed by atoms with van der Waals surface area (Å²) in [5.41, 5.74) is 0. The lowest BCUT2D eigenvalue weighted by Gasteiger charge is -2.04. The van der Waals surface area contributed by atoms with E-state index in [1.807, 2.05) is 0 Å². The van der Waals surface area contributed by atoms with Gasteiger partial charge >= 0.3 is 5.97 Å². The normalized spacial score (nSPS) is 28.1. The highest BCUT2D eigenvalue weighted by atomic mass is 35.5. The Balaban J connectivity index is 0.00000121. The van der Waals surface area contributed by atoms with Gasteiger partial charge < -0.3 is 10.4 Å². The minimum Gasteiger partial charge on any atom is -0.480 e. The zero-order chi connectivity index (χ0) is 8.27. The number of carboxylic acid groups (broad SMARTS) is 1. The predicted octanol–water partition coefficient (Wildman–Crippen LogP) is 1.27. The molecule has 0 aromatic carbocycles. The number of nitrogens with one attached hydrogen (secondary N) is 1. The highest BCUT2D eigenvalue weighted by Gasteiger charge is 2.27. The molecule has 0 aromatic rings. The van der Waals surface area contributed by atoms with E-state index in [2.05, 4.69) is 12.2 Å². The summed E-state index contributed by atoms with van der Waals surface area (Å²) in [6, 6.07) is -0.286. The number of halogens is 1. The third-order valence-electron chi connectivity index (χ3n) is 2.22. The van der Waals surface area contributed by atoms with Crippen LogP contribution in [-0.2, 0) is 4.79 Å². The van der Waals surface area contributed by atoms with Gasteiger partial charge in [-0.3, -0.25) is 4.79 Å². The van der Waals surface area contributed by atoms with Gasteiger partial charge in [-0.25, -0.2) is 0 Å². The summed E-state index contributed by atoms with van der Waals surface area (Å²) in [5, 5.41) is 11.6. The molecule has 1 aliphatic heterocycles. The predicted molar refractivity (Wildman–Crippen MR) is 49.7 cm³/mol. The molecular formula is C8H16ClNO2. The monoisotopic (exact) mass is 193 g/mol. The van der Waals surface area contributed by atoms with Gasteiger partial charge in [-0.15, -0.1) is 12.4 Å². The second kappa shape index (κ2) is 5.38. The van der Waals surface area contributed by atoms with E-state index in [9.17, 15) is 4.79 Å². The van der Waals surface area contributed by atoms with Crippen LogP contribution < -0.4 is 5.32 Å². The van der Waals surface area contributed by atoms with Crippen molar-refractivity contribution in [2.75, 3.05) is 6.54 Å². The summed E-state index contributed by atoms with van der Waals surface area (Å²) in [5.74, 6) is -0.121. The number of aliphatic carboxylic acids is 1. The van der Waals surface area contributed by atoms with Crippen LogP contribution in [0, 0.1) is 5.92 Å². The lowest BCUT2D eigenvalue weighted by Crippen LogP contribution is -2.29. The van der Waals surface area contributed by atoms with Gasteiger partial charge in [-0.1, -0.05) is 13.3 Å². The molecule has 2 N–H and O–H groups in total. The van der Waals surface area contributed by atoms with E-state index in [1.54, 1.807) is 0 Å². The number of carboxylic acids is 1. The molecule has 0 spiro atoms. The van der Waals surface area contributed by atoms with Gasteiger partial charge in [0.15, 0.2) is 0 Å². The molecule has 0 unspecified atom stereocenters. The fourth-order valence-electron chi connectivity index (χ4n) is 1.63. The minimum absolute atomic E-state index is 0. The topological polar surface area (TPSA) is 49.3 Å². The zero-order valence-electron chi connectivity index (χ0n) is 7.25. The van der Waals surface area contributed by atoms with Crippen LogP contribution in [0.15, 0.2) is 0 Å². The van der Waals surface area contributed by atoms with E-state index in [1.165, 1.54) is 0 Å². The van der Waals surface area contributed by atoms with Crippen molar-refractivity contribution in [3.8, 4) is 0 Å². The first-order chi connectivity index (χ1) is 5.24. The van der Waals surface area contributed by atoms with Crippen molar-refractivity contribution in [3.63, 3.8) is 0 Å². The summed E-state index contributed by atoms with van der Waals surface area (Å²) in [6.45, 7) is 3.01. The van der Waals surface area contributed by atoms with Crippen molar-refractivity contribution in [2.24, 2.45) is 5.92 Å². The molecule has 1 heterocycles. The lowest BCUT2D eigenvalue weighted by atomic mass is 10.0. The standard InChI is InChI=1S/C8H15NO2.ClH/c1-2-3-6-4-7(8(10)11)9-5-6;/h6-7,9H,2-5H2,1H3,(H,10,11);1H/t6-,7+;/m1./s1. The molecule has 4 heteroatoms. The molecule has 1 aliphatic rings. The fourth-order valence-corrected chi connectivity index (χ4v) is 1.63. The summed E-state index contributed by atoms with van der Waals surface area (Å²) in [4.78, 5) is 10.5. The molecule has 0 aromatic heterocycles. The Hall–Kier alpha value is -0.280. The molecule has 72 valence electrons. The maximum atomic E-state index is 10.5. The first kappa shape index (κ1) is 11.7. The fraction of sp³-hybridized carbons (Fsp3) is 0.875. The van der Waals surface area contributed by atoms with E-state index in [4.69, 9.17) is 5.11 Å². The van der Waals surface area contributed by atoms with Gasteiger partial charge in [-0.2, -0.15) is 0 Å². The number of carbonyl (C=O) groups is 1. The van der Waals surface area contributed by atoms with Gasteiger partial charge in [0.05, 0.1) is 0 Å². The molecule has 0 aliphatic carbocycles. The van der Waals surface area contributed by atoms with E-state index in [-0.39, 0.29) is 18.4 Å². The average Bonchev–Trinajstić information content (AvgIpc) is 2.37. The largest absolute Gasteiger partial charge is 0.480 e. The van der Waals surface area contributed by atoms with E-state index >= 15 is 0 Å². The molecule has 0 amide bonds. The zero-order valence-corrected chi connectivity index (χ0v) is 8.06. The van der Waals surface area contributed by atoms with Gasteiger partial charge in [0.25, 0.3) is 0 Å². The van der Waals surface area contributed by atoms with Crippen molar-refractivity contribution >= 4 is 18.4 Å². The quantitative estimate of drug-likeness (QED) is 0.710. The maximum absolute atomic E-state index is 10.5. The van der Waals surface area contributed by atoms with Gasteiger partial charge in [-0.05, 0) is 25.3 Å². The van der Waals surface area contributed by atoms with Crippen LogP contribution in [0.5, 0.6) is 0 Å². The molecule has 1 fully saturated rings. The highest BCUT2D eigenvalue weighted by molar-refractivity contribution is 5.85. The molecule has 1 rings (SSSR count). The Morgan fingerprint density at radius 1 is 1.67 bits per heavy atom. The summed E-state index contributed by atoms with van der Waals surface area (Å²) in [7, 11) is 0. The SMILES string of the molecule is CCC[C@H]1CN[C@H](C(=O)O)C1.Cl. The van der Waals surface area contributed by atoms with Crippen LogP contribution in [0.25, 0.3) is 0 Å². The average molecular weight is 194 g/mol. The smallest absolute Gasteiger partial charge is 0.320 e. The summed E-state index contributed by atoms with van der Waals surface area (Å²) < 4.78 is 0. The summed E-state index contributed by atoms with van der Waals surface area (Å²) in [6.07, 6.45) is 3.11. The summed E-state index contributed by atoms with van der Waals surface area (Å²) >= 11 is 0. The highest BCUT2D eigenvalue weighted by Crippen LogP contribution is 2.18. The number of hydrogen-bond donors (Lipinski definition) is 2. The number of hydrogen-bond acceptors (Lipinski definition) is 2. The van der Waals surface area contributed by atoms with E-state index in [0.29, 0.717) is 5.92 Å². The van der Waals surface area contributed by atoms with Crippen LogP contribution >= 0.6 is 12.4 Å². The van der Waals surface area contributed by atoms with Gasteiger partial charge in [0, 0.05) is 0 Å². The minimum atomic E-state index is -0.705. The van der Waals surface area contributed by atoms with Crippen molar-refractivity contribution in [3.05, 3.63) is 0 Å². The first-order valence-corrected chi connectivity index (χ1v) is 4.20. The van der Waals surface area contributed by atoms with Gasteiger partial charge in [0.1, 0.15) is 6.04 Å². The van der Waals surface area contributed by atoms with Crippen LogP contribution in [0.2, 0.25) is 0 Å². The Morgan fingerprint density at radius 3 is 2.75 bits per heavy atom. The molecule has 2 atom stereocenters. The molecule has 1 saturated heterocycles. The Kier molecular flexibility index (Phi) is 5.25. The van der Waals surface area contributed by atoms with Crippen molar-refractivity contribution in [2.45, 2.75) is 32.2 Å². The molecule has 3 nitrogen and oxygen atoms in total. The van der Waals surface area contributed by atoms with E-state index in [0.717, 1.165) is 25.8 Å². The Morgan fingerprint density at radius 2 is 2.33 bits per heavy atom. The number of rotatable bonds is 3. The molecular weight excluding hydrogens is 178 g/mol. The van der Waals surface area contributed by atoms with Gasteiger partial charge in [0.2, 0.25) is 0 Å². The van der Waals surface area contributed by atoms with Crippen LogP contribution in [0.1, 0.15) is 26.2 Å². The Bertz CT molecular complexity index is 152. The molecule has 0 radical (unpaired) electrons. The molecule has 0 saturated carbocycles.